The van der Waals surface area contributed by atoms with Gasteiger partial charge in [-0.1, -0.05) is 0 Å². The molecule has 0 fully saturated rings. The van der Waals surface area contributed by atoms with Crippen LogP contribution in [0.15, 0.2) is 12.1 Å². The molecule has 1 unspecified atom stereocenters. The van der Waals surface area contributed by atoms with E-state index in [0.29, 0.717) is 32.5 Å². The molecule has 114 valence electrons. The molecule has 0 saturated carbocycles. The fourth-order valence-electron chi connectivity index (χ4n) is 1.69. The van der Waals surface area contributed by atoms with Gasteiger partial charge in [0.25, 0.3) is 0 Å². The number of carbonyl (C=O) groups is 1. The van der Waals surface area contributed by atoms with E-state index in [-0.39, 0.29) is 5.97 Å². The van der Waals surface area contributed by atoms with Crippen molar-refractivity contribution in [1.29, 1.82) is 0 Å². The summed E-state index contributed by atoms with van der Waals surface area (Å²) in [5.41, 5.74) is -0.776. The van der Waals surface area contributed by atoms with Gasteiger partial charge < -0.3 is 19.9 Å². The van der Waals surface area contributed by atoms with Gasteiger partial charge in [-0.05, 0) is 19.1 Å². The van der Waals surface area contributed by atoms with Crippen LogP contribution in [0.2, 0.25) is 0 Å². The Morgan fingerprint density at radius 3 is 2.75 bits per heavy atom. The van der Waals surface area contributed by atoms with Crippen molar-refractivity contribution in [1.82, 2.24) is 5.32 Å². The second kappa shape index (κ2) is 8.36. The van der Waals surface area contributed by atoms with Gasteiger partial charge in [-0.25, -0.2) is 0 Å². The van der Waals surface area contributed by atoms with Gasteiger partial charge in [-0.2, -0.15) is 0 Å². The largest absolute Gasteiger partial charge is 0.469 e. The summed E-state index contributed by atoms with van der Waals surface area (Å²) >= 11 is 1.58. The molecule has 2 N–H and O–H groups in total. The smallest absolute Gasteiger partial charge is 0.310 e. The van der Waals surface area contributed by atoms with Crippen molar-refractivity contribution in [2.24, 2.45) is 0 Å². The second-order valence-electron chi connectivity index (χ2n) is 4.96. The first-order chi connectivity index (χ1) is 9.46. The third kappa shape index (κ3) is 6.47. The Kier molecular flexibility index (Phi) is 7.15. The summed E-state index contributed by atoms with van der Waals surface area (Å²) in [7, 11) is 3.01. The lowest BCUT2D eigenvalue weighted by molar-refractivity contribution is -0.139. The van der Waals surface area contributed by atoms with Crippen molar-refractivity contribution in [2.45, 2.75) is 31.9 Å². The average molecular weight is 301 g/mol. The third-order valence-electron chi connectivity index (χ3n) is 2.91. The van der Waals surface area contributed by atoms with Gasteiger partial charge in [0.2, 0.25) is 0 Å². The maximum Gasteiger partial charge on any atom is 0.310 e. The van der Waals surface area contributed by atoms with Gasteiger partial charge in [-0.15, -0.1) is 11.3 Å². The third-order valence-corrected chi connectivity index (χ3v) is 4.00. The standard InChI is InChI=1S/C14H23NO4S/c1-14(17,6-7-18-2)10-15-9-12-5-4-11(20-12)8-13(16)19-3/h4-5,15,17H,6-10H2,1-3H3. The molecule has 0 aliphatic carbocycles. The molecule has 1 heterocycles. The van der Waals surface area contributed by atoms with Crippen LogP contribution in [-0.2, 0) is 27.2 Å². The van der Waals surface area contributed by atoms with Crippen LogP contribution in [0.4, 0.5) is 0 Å². The summed E-state index contributed by atoms with van der Waals surface area (Å²) in [5.74, 6) is -0.228. The van der Waals surface area contributed by atoms with Crippen molar-refractivity contribution in [3.8, 4) is 0 Å². The quantitative estimate of drug-likeness (QED) is 0.674. The number of nitrogens with one attached hydrogen (secondary N) is 1. The fourth-order valence-corrected chi connectivity index (χ4v) is 2.67. The van der Waals surface area contributed by atoms with Crippen molar-refractivity contribution in [3.05, 3.63) is 21.9 Å². The first kappa shape index (κ1) is 17.1. The van der Waals surface area contributed by atoms with Crippen LogP contribution in [0.5, 0.6) is 0 Å². The van der Waals surface area contributed by atoms with Crippen LogP contribution in [0.1, 0.15) is 23.1 Å². The average Bonchev–Trinajstić information content (AvgIpc) is 2.83. The van der Waals surface area contributed by atoms with Gasteiger partial charge >= 0.3 is 5.97 Å². The number of hydrogen-bond acceptors (Lipinski definition) is 6. The number of methoxy groups -OCH3 is 2. The molecule has 0 aromatic carbocycles. The van der Waals surface area contributed by atoms with Crippen LogP contribution in [-0.4, -0.2) is 44.0 Å². The Morgan fingerprint density at radius 2 is 2.10 bits per heavy atom. The van der Waals surface area contributed by atoms with Crippen LogP contribution in [0.25, 0.3) is 0 Å². The summed E-state index contributed by atoms with van der Waals surface area (Å²) in [5, 5.41) is 13.3. The van der Waals surface area contributed by atoms with E-state index in [4.69, 9.17) is 4.74 Å². The minimum absolute atomic E-state index is 0.228. The molecule has 0 radical (unpaired) electrons. The highest BCUT2D eigenvalue weighted by molar-refractivity contribution is 7.12. The summed E-state index contributed by atoms with van der Waals surface area (Å²) in [6.45, 7) is 3.50. The molecule has 20 heavy (non-hydrogen) atoms. The topological polar surface area (TPSA) is 67.8 Å². The Morgan fingerprint density at radius 1 is 1.40 bits per heavy atom. The Balaban J connectivity index is 2.33. The fraction of sp³-hybridized carbons (Fsp3) is 0.643. The number of thiophene rings is 1. The molecule has 1 rings (SSSR count). The molecule has 0 saturated heterocycles. The summed E-state index contributed by atoms with van der Waals surface area (Å²) in [6.07, 6.45) is 0.904. The van der Waals surface area contributed by atoms with E-state index in [9.17, 15) is 9.90 Å². The lowest BCUT2D eigenvalue weighted by Crippen LogP contribution is -2.38. The normalized spacial score (nSPS) is 14.0. The Bertz CT molecular complexity index is 417. The zero-order chi connectivity index (χ0) is 15.0. The summed E-state index contributed by atoms with van der Waals surface area (Å²) in [4.78, 5) is 13.3. The lowest BCUT2D eigenvalue weighted by atomic mass is 10.0. The number of carbonyl (C=O) groups excluding carboxylic acids is 1. The van der Waals surface area contributed by atoms with E-state index in [1.807, 2.05) is 12.1 Å². The van der Waals surface area contributed by atoms with Crippen LogP contribution in [0, 0.1) is 0 Å². The molecule has 0 spiro atoms. The van der Waals surface area contributed by atoms with E-state index in [0.717, 1.165) is 9.75 Å². The van der Waals surface area contributed by atoms with Gasteiger partial charge in [-0.3, -0.25) is 4.79 Å². The molecule has 1 aromatic rings. The maximum absolute atomic E-state index is 11.2. The van der Waals surface area contributed by atoms with Gasteiger partial charge in [0.1, 0.15) is 0 Å². The molecule has 5 nitrogen and oxygen atoms in total. The number of esters is 1. The Hall–Kier alpha value is -0.950. The second-order valence-corrected chi connectivity index (χ2v) is 6.22. The number of rotatable bonds is 9. The van der Waals surface area contributed by atoms with Crippen molar-refractivity contribution >= 4 is 17.3 Å². The highest BCUT2D eigenvalue weighted by Gasteiger charge is 2.19. The van der Waals surface area contributed by atoms with Crippen LogP contribution < -0.4 is 5.32 Å². The number of aliphatic hydroxyl groups is 1. The van der Waals surface area contributed by atoms with E-state index >= 15 is 0 Å². The minimum Gasteiger partial charge on any atom is -0.469 e. The van der Waals surface area contributed by atoms with Gasteiger partial charge in [0, 0.05) is 43.0 Å². The molecule has 0 amide bonds. The molecular weight excluding hydrogens is 278 g/mol. The zero-order valence-electron chi connectivity index (χ0n) is 12.3. The van der Waals surface area contributed by atoms with Crippen molar-refractivity contribution in [2.75, 3.05) is 27.4 Å². The highest BCUT2D eigenvalue weighted by Crippen LogP contribution is 2.17. The van der Waals surface area contributed by atoms with Crippen LogP contribution >= 0.6 is 11.3 Å². The predicted octanol–water partition coefficient (Wildman–Crippen LogP) is 1.34. The van der Waals surface area contributed by atoms with E-state index in [2.05, 4.69) is 10.1 Å². The molecule has 0 aliphatic rings. The zero-order valence-corrected chi connectivity index (χ0v) is 13.1. The number of ether oxygens (including phenoxy) is 2. The first-order valence-electron chi connectivity index (χ1n) is 6.53. The summed E-state index contributed by atoms with van der Waals surface area (Å²) in [6, 6.07) is 3.92. The first-order valence-corrected chi connectivity index (χ1v) is 7.35. The maximum atomic E-state index is 11.2. The van der Waals surface area contributed by atoms with Crippen molar-refractivity contribution < 1.29 is 19.4 Å². The molecule has 1 atom stereocenters. The monoisotopic (exact) mass is 301 g/mol. The van der Waals surface area contributed by atoms with E-state index in [1.54, 1.807) is 25.4 Å². The molecule has 6 heteroatoms. The predicted molar refractivity (Wildman–Crippen MR) is 78.9 cm³/mol. The van der Waals surface area contributed by atoms with Gasteiger partial charge in [0.15, 0.2) is 0 Å². The van der Waals surface area contributed by atoms with E-state index in [1.165, 1.54) is 7.11 Å². The van der Waals surface area contributed by atoms with Crippen LogP contribution in [0.3, 0.4) is 0 Å². The molecule has 1 aromatic heterocycles. The lowest BCUT2D eigenvalue weighted by Gasteiger charge is -2.23. The molecule has 0 bridgehead atoms. The highest BCUT2D eigenvalue weighted by atomic mass is 32.1. The van der Waals surface area contributed by atoms with Crippen molar-refractivity contribution in [3.63, 3.8) is 0 Å². The van der Waals surface area contributed by atoms with E-state index < -0.39 is 5.60 Å². The van der Waals surface area contributed by atoms with Gasteiger partial charge in [0.05, 0.1) is 19.1 Å². The minimum atomic E-state index is -0.776. The number of hydrogen-bond donors (Lipinski definition) is 2. The SMILES string of the molecule is COCCC(C)(O)CNCc1ccc(CC(=O)OC)s1. The molecule has 0 aliphatic heterocycles. The summed E-state index contributed by atoms with van der Waals surface area (Å²) < 4.78 is 9.60. The molecular formula is C14H23NO4S. The Labute approximate surface area is 123 Å².